The van der Waals surface area contributed by atoms with Gasteiger partial charge in [-0.15, -0.1) is 23.1 Å². The zero-order valence-electron chi connectivity index (χ0n) is 19.6. The lowest BCUT2D eigenvalue weighted by Gasteiger charge is -2.50. The van der Waals surface area contributed by atoms with Gasteiger partial charge in [0.05, 0.1) is 11.7 Å². The van der Waals surface area contributed by atoms with Crippen LogP contribution in [0.25, 0.3) is 5.52 Å². The summed E-state index contributed by atoms with van der Waals surface area (Å²) in [7, 11) is 1.25. The number of hydrogen-bond donors (Lipinski definition) is 3. The van der Waals surface area contributed by atoms with Crippen LogP contribution in [-0.2, 0) is 25.8 Å². The average Bonchev–Trinajstić information content (AvgIpc) is 3.53. The predicted molar refractivity (Wildman–Crippen MR) is 132 cm³/mol. The van der Waals surface area contributed by atoms with E-state index in [4.69, 9.17) is 10.6 Å². The normalized spacial score (nSPS) is 19.2. The number of nitrogens with zero attached hydrogens (tertiary/aromatic N) is 5. The number of amides is 2. The van der Waals surface area contributed by atoms with Gasteiger partial charge in [0, 0.05) is 22.9 Å². The highest BCUT2D eigenvalue weighted by Gasteiger charge is 2.53. The summed E-state index contributed by atoms with van der Waals surface area (Å²) in [5.41, 5.74) is 6.26. The third-order valence-corrected chi connectivity index (χ3v) is 7.92. The number of aromatic nitrogens is 3. The quantitative estimate of drug-likeness (QED) is 0.126. The molecule has 3 aromatic heterocycles. The number of rotatable bonds is 8. The molecule has 1 saturated heterocycles. The summed E-state index contributed by atoms with van der Waals surface area (Å²) in [5, 5.41) is 29.0. The summed E-state index contributed by atoms with van der Waals surface area (Å²) in [5.74, 6) is -3.88. The number of anilines is 1. The smallest absolute Gasteiger partial charge is 0.359 e. The number of carboxylic acid groups (broad SMARTS) is 2. The Bertz CT molecular complexity index is 1560. The Labute approximate surface area is 222 Å². The third kappa shape index (κ3) is 4.32. The van der Waals surface area contributed by atoms with Crippen molar-refractivity contribution in [3.05, 3.63) is 58.8 Å². The highest BCUT2D eigenvalue weighted by atomic mass is 32.2. The van der Waals surface area contributed by atoms with Crippen LogP contribution in [0, 0.1) is 0 Å². The number of carboxylic acids is 2. The molecule has 0 aromatic carbocycles. The summed E-state index contributed by atoms with van der Waals surface area (Å²) in [6.45, 7) is 0.0156. The zero-order valence-corrected chi connectivity index (χ0v) is 21.2. The maximum atomic E-state index is 13.0. The van der Waals surface area contributed by atoms with Crippen LogP contribution in [0.2, 0.25) is 0 Å². The number of aromatic carboxylic acids is 1. The molecular weight excluding hydrogens is 538 g/mol. The molecule has 3 aromatic rings. The molecule has 0 bridgehead atoms. The molecule has 5 rings (SSSR count). The van der Waals surface area contributed by atoms with Crippen molar-refractivity contribution in [2.75, 3.05) is 18.6 Å². The second kappa shape index (κ2) is 9.79. The van der Waals surface area contributed by atoms with Crippen molar-refractivity contribution < 1.29 is 38.8 Å². The van der Waals surface area contributed by atoms with Crippen molar-refractivity contribution in [1.29, 1.82) is 0 Å². The van der Waals surface area contributed by atoms with Gasteiger partial charge in [0.1, 0.15) is 29.7 Å². The molecule has 0 unspecified atom stereocenters. The van der Waals surface area contributed by atoms with Crippen LogP contribution >= 0.6 is 23.1 Å². The van der Waals surface area contributed by atoms with E-state index in [1.165, 1.54) is 34.8 Å². The molecule has 0 radical (unpaired) electrons. The Hall–Kier alpha value is -4.44. The largest absolute Gasteiger partial charge is 0.543 e. The van der Waals surface area contributed by atoms with E-state index >= 15 is 0 Å². The molecule has 38 heavy (non-hydrogen) atoms. The molecule has 4 N–H and O–H groups in total. The van der Waals surface area contributed by atoms with E-state index in [2.05, 4.69) is 15.5 Å². The summed E-state index contributed by atoms with van der Waals surface area (Å²) < 4.78 is 3.04. The first-order chi connectivity index (χ1) is 18.2. The number of hydrogen-bond acceptors (Lipinski definition) is 11. The van der Waals surface area contributed by atoms with Gasteiger partial charge < -0.3 is 35.3 Å². The van der Waals surface area contributed by atoms with Gasteiger partial charge in [0.2, 0.25) is 6.20 Å². The zero-order chi connectivity index (χ0) is 27.1. The van der Waals surface area contributed by atoms with Crippen LogP contribution in [0.3, 0.4) is 0 Å². The van der Waals surface area contributed by atoms with Crippen LogP contribution < -0.4 is 20.7 Å². The van der Waals surface area contributed by atoms with Gasteiger partial charge in [-0.2, -0.15) is 4.57 Å². The number of nitrogens with two attached hydrogens (primary N) is 1. The van der Waals surface area contributed by atoms with Crippen molar-refractivity contribution in [2.24, 2.45) is 5.16 Å². The van der Waals surface area contributed by atoms with E-state index in [0.29, 0.717) is 11.1 Å². The first-order valence-corrected chi connectivity index (χ1v) is 12.9. The Balaban J connectivity index is 1.39. The van der Waals surface area contributed by atoms with Crippen LogP contribution in [0.15, 0.2) is 52.5 Å². The first-order valence-electron chi connectivity index (χ1n) is 10.9. The summed E-state index contributed by atoms with van der Waals surface area (Å²) in [4.78, 5) is 59.6. The van der Waals surface area contributed by atoms with Crippen molar-refractivity contribution >= 4 is 63.2 Å². The lowest BCUT2D eigenvalue weighted by Crippen LogP contribution is -2.71. The van der Waals surface area contributed by atoms with Crippen molar-refractivity contribution in [3.63, 3.8) is 0 Å². The minimum Gasteiger partial charge on any atom is -0.543 e. The van der Waals surface area contributed by atoms with Crippen LogP contribution in [0.4, 0.5) is 5.13 Å². The van der Waals surface area contributed by atoms with E-state index in [1.54, 1.807) is 29.1 Å². The lowest BCUT2D eigenvalue weighted by atomic mass is 10.0. The lowest BCUT2D eigenvalue weighted by molar-refractivity contribution is -0.688. The molecule has 2 amide bonds. The molecule has 2 atom stereocenters. The molecule has 5 heterocycles. The molecule has 1 fully saturated rings. The maximum Gasteiger partial charge on any atom is 0.359 e. The van der Waals surface area contributed by atoms with E-state index in [1.807, 2.05) is 0 Å². The number of carbonyl (C=O) groups is 4. The maximum absolute atomic E-state index is 13.0. The second-order valence-electron chi connectivity index (χ2n) is 8.22. The molecule has 14 nitrogen and oxygen atoms in total. The van der Waals surface area contributed by atoms with Gasteiger partial charge in [0.25, 0.3) is 11.8 Å². The van der Waals surface area contributed by atoms with E-state index < -0.39 is 35.2 Å². The predicted octanol–water partition coefficient (Wildman–Crippen LogP) is -1.58. The Kier molecular flexibility index (Phi) is 6.50. The van der Waals surface area contributed by atoms with Gasteiger partial charge >= 0.3 is 5.97 Å². The fraction of sp³-hybridized carbons (Fsp3) is 0.227. The van der Waals surface area contributed by atoms with E-state index in [-0.39, 0.29) is 40.2 Å². The topological polar surface area (TPSA) is 196 Å². The van der Waals surface area contributed by atoms with Crippen LogP contribution in [0.1, 0.15) is 16.2 Å². The SMILES string of the molecule is CO/N=C(\C(=O)N[C@@H]1C(=O)N2C(C(=O)[O-])=C(C[n+]3cc(C(=O)O)n4cccc4c3)CS[C@H]12)c1csc(N)n1. The summed E-state index contributed by atoms with van der Waals surface area (Å²) in [6.07, 6.45) is 4.66. The van der Waals surface area contributed by atoms with Crippen molar-refractivity contribution in [3.8, 4) is 0 Å². The highest BCUT2D eigenvalue weighted by Crippen LogP contribution is 2.40. The third-order valence-electron chi connectivity index (χ3n) is 5.91. The van der Waals surface area contributed by atoms with E-state index in [9.17, 15) is 29.4 Å². The average molecular weight is 558 g/mol. The number of fused-ring (bicyclic) bond motifs is 2. The number of aliphatic carboxylic acids is 1. The van der Waals surface area contributed by atoms with Gasteiger partial charge in [-0.05, 0) is 12.1 Å². The van der Waals surface area contributed by atoms with Crippen molar-refractivity contribution in [1.82, 2.24) is 19.6 Å². The van der Waals surface area contributed by atoms with Crippen molar-refractivity contribution in [2.45, 2.75) is 18.0 Å². The molecule has 2 aliphatic rings. The molecule has 2 aliphatic heterocycles. The van der Waals surface area contributed by atoms with Gasteiger partial charge in [0.15, 0.2) is 29.3 Å². The van der Waals surface area contributed by atoms with Gasteiger partial charge in [-0.1, -0.05) is 5.16 Å². The standard InChI is InChI=1S/C22H19N7O7S2/c1-36-26-14(12-9-38-22(23)24-12)17(30)25-15-18(31)29-16(21(34)35)10(8-37-19(15)29)5-27-6-11-3-2-4-28(11)13(7-27)20(32)33/h2-4,6-7,9,15,19H,5,8H2,1H3,(H4-,23,24,25,30,32,33,34,35)/b26-14-/t15-,19-/m1/s1. The Morgan fingerprint density at radius 3 is 2.84 bits per heavy atom. The fourth-order valence-electron chi connectivity index (χ4n) is 4.31. The molecule has 196 valence electrons. The minimum absolute atomic E-state index is 0.0114. The van der Waals surface area contributed by atoms with Gasteiger partial charge in [-0.3, -0.25) is 14.5 Å². The minimum atomic E-state index is -1.55. The first kappa shape index (κ1) is 25.2. The van der Waals surface area contributed by atoms with Crippen LogP contribution in [-0.4, -0.2) is 73.1 Å². The molecule has 0 saturated carbocycles. The summed E-state index contributed by atoms with van der Waals surface area (Å²) in [6, 6.07) is 2.39. The molecule has 16 heteroatoms. The number of oxime groups is 1. The molecule has 0 aliphatic carbocycles. The summed E-state index contributed by atoms with van der Waals surface area (Å²) >= 11 is 2.36. The number of β-lactam (4-membered cyclic amide) rings is 1. The number of nitrogens with one attached hydrogen (secondary N) is 1. The van der Waals surface area contributed by atoms with Crippen LogP contribution in [0.5, 0.6) is 0 Å². The Morgan fingerprint density at radius 1 is 1.39 bits per heavy atom. The molecule has 0 spiro atoms. The number of thiazole rings is 1. The number of nitrogen functional groups attached to an aromatic ring is 1. The Morgan fingerprint density at radius 2 is 2.18 bits per heavy atom. The number of thioether (sulfide) groups is 1. The second-order valence-corrected chi connectivity index (χ2v) is 10.2. The van der Waals surface area contributed by atoms with Gasteiger partial charge in [-0.25, -0.2) is 9.78 Å². The molecular formula is C22H19N7O7S2. The monoisotopic (exact) mass is 557 g/mol. The highest BCUT2D eigenvalue weighted by molar-refractivity contribution is 8.00. The fourth-order valence-corrected chi connectivity index (χ4v) is 6.19. The van der Waals surface area contributed by atoms with E-state index in [0.717, 1.165) is 16.2 Å². The number of carbonyl (C=O) groups excluding carboxylic acids is 3.